The molecule has 0 bridgehead atoms. The first-order valence-corrected chi connectivity index (χ1v) is 5.82. The van der Waals surface area contributed by atoms with E-state index in [0.717, 1.165) is 5.56 Å². The van der Waals surface area contributed by atoms with Gasteiger partial charge in [0.1, 0.15) is 5.82 Å². The molecule has 17 heavy (non-hydrogen) atoms. The predicted molar refractivity (Wildman–Crippen MR) is 65.6 cm³/mol. The van der Waals surface area contributed by atoms with E-state index in [1.165, 1.54) is 12.3 Å². The van der Waals surface area contributed by atoms with Gasteiger partial charge in [-0.15, -0.1) is 0 Å². The summed E-state index contributed by atoms with van der Waals surface area (Å²) in [5.41, 5.74) is 1.32. The first-order valence-electron chi connectivity index (χ1n) is 5.44. The molecule has 0 saturated carbocycles. The van der Waals surface area contributed by atoms with E-state index in [9.17, 15) is 4.39 Å². The number of benzene rings is 1. The molecule has 2 nitrogen and oxygen atoms in total. The molecule has 1 aromatic carbocycles. The topological polar surface area (TPSA) is 25.2 Å². The molecule has 0 aliphatic carbocycles. The number of nitrogens with one attached hydrogen (secondary N) is 1. The van der Waals surface area contributed by atoms with Crippen LogP contribution in [0.1, 0.15) is 24.1 Å². The van der Waals surface area contributed by atoms with E-state index >= 15 is 0 Å². The van der Waals surface area contributed by atoms with Crippen LogP contribution < -0.4 is 5.32 Å². The fourth-order valence-electron chi connectivity index (χ4n) is 1.81. The van der Waals surface area contributed by atoms with Crippen molar-refractivity contribution in [2.75, 3.05) is 6.54 Å². The fourth-order valence-corrected chi connectivity index (χ4v) is 2.03. The monoisotopic (exact) mass is 253 g/mol. The van der Waals surface area contributed by atoms with Crippen LogP contribution in [-0.2, 0) is 0 Å². The number of rotatable bonds is 4. The lowest BCUT2D eigenvalue weighted by Gasteiger charge is -2.17. The molecule has 1 atom stereocenters. The van der Waals surface area contributed by atoms with E-state index in [1.807, 2.05) is 6.92 Å². The molecule has 0 spiro atoms. The Balaban J connectivity index is 2.43. The van der Waals surface area contributed by atoms with Gasteiger partial charge >= 0.3 is 0 Å². The van der Waals surface area contributed by atoms with Gasteiger partial charge in [0.15, 0.2) is 5.22 Å². The summed E-state index contributed by atoms with van der Waals surface area (Å²) >= 11 is 5.94. The van der Waals surface area contributed by atoms with Crippen molar-refractivity contribution in [3.05, 3.63) is 58.8 Å². The van der Waals surface area contributed by atoms with Gasteiger partial charge in [-0.25, -0.2) is 4.39 Å². The molecule has 1 N–H and O–H groups in total. The second-order valence-corrected chi connectivity index (χ2v) is 4.01. The largest absolute Gasteiger partial charge is 0.453 e. The Morgan fingerprint density at radius 1 is 1.29 bits per heavy atom. The van der Waals surface area contributed by atoms with Gasteiger partial charge in [0.2, 0.25) is 0 Å². The smallest absolute Gasteiger partial charge is 0.198 e. The van der Waals surface area contributed by atoms with Crippen molar-refractivity contribution in [1.29, 1.82) is 0 Å². The summed E-state index contributed by atoms with van der Waals surface area (Å²) in [5.74, 6) is -0.254. The van der Waals surface area contributed by atoms with E-state index in [2.05, 4.69) is 5.32 Å². The van der Waals surface area contributed by atoms with E-state index in [0.29, 0.717) is 17.3 Å². The Morgan fingerprint density at radius 2 is 2.06 bits per heavy atom. The van der Waals surface area contributed by atoms with Gasteiger partial charge in [0, 0.05) is 11.1 Å². The zero-order valence-electron chi connectivity index (χ0n) is 9.41. The quantitative estimate of drug-likeness (QED) is 0.897. The first-order chi connectivity index (χ1) is 8.24. The lowest BCUT2D eigenvalue weighted by Crippen LogP contribution is -2.22. The summed E-state index contributed by atoms with van der Waals surface area (Å²) in [6.45, 7) is 2.67. The summed E-state index contributed by atoms with van der Waals surface area (Å²) in [6.07, 6.45) is 1.50. The second-order valence-electron chi connectivity index (χ2n) is 3.66. The molecular formula is C13H13ClFNO. The summed E-state index contributed by atoms with van der Waals surface area (Å²) in [4.78, 5) is 0. The van der Waals surface area contributed by atoms with Crippen molar-refractivity contribution in [1.82, 2.24) is 5.32 Å². The zero-order chi connectivity index (χ0) is 12.3. The number of furan rings is 1. The average Bonchev–Trinajstić information content (AvgIpc) is 2.74. The predicted octanol–water partition coefficient (Wildman–Crippen LogP) is 3.77. The molecule has 4 heteroatoms. The summed E-state index contributed by atoms with van der Waals surface area (Å²) in [5, 5.41) is 3.49. The maximum absolute atomic E-state index is 13.8. The van der Waals surface area contributed by atoms with E-state index in [-0.39, 0.29) is 11.9 Å². The third kappa shape index (κ3) is 2.51. The Labute approximate surface area is 104 Å². The number of hydrogen-bond acceptors (Lipinski definition) is 2. The molecule has 0 saturated heterocycles. The van der Waals surface area contributed by atoms with Crippen molar-refractivity contribution >= 4 is 11.6 Å². The van der Waals surface area contributed by atoms with Gasteiger partial charge in [-0.1, -0.05) is 25.1 Å². The van der Waals surface area contributed by atoms with Crippen LogP contribution in [0.15, 0.2) is 41.0 Å². The summed E-state index contributed by atoms with van der Waals surface area (Å²) in [7, 11) is 0. The summed E-state index contributed by atoms with van der Waals surface area (Å²) < 4.78 is 18.8. The first kappa shape index (κ1) is 12.1. The Bertz CT molecular complexity index is 498. The Hall–Kier alpha value is -1.32. The molecule has 1 aromatic heterocycles. The third-order valence-corrected chi connectivity index (χ3v) is 2.89. The average molecular weight is 254 g/mol. The molecule has 0 aliphatic rings. The van der Waals surface area contributed by atoms with E-state index < -0.39 is 0 Å². The number of halogens is 2. The van der Waals surface area contributed by atoms with Crippen LogP contribution in [0.5, 0.6) is 0 Å². The maximum atomic E-state index is 13.8. The molecule has 0 fully saturated rings. The molecular weight excluding hydrogens is 241 g/mol. The summed E-state index contributed by atoms with van der Waals surface area (Å²) in [6, 6.07) is 8.12. The van der Waals surface area contributed by atoms with Gasteiger partial charge in [-0.2, -0.15) is 0 Å². The minimum absolute atomic E-state index is 0.254. The highest BCUT2D eigenvalue weighted by molar-refractivity contribution is 6.29. The lowest BCUT2D eigenvalue weighted by molar-refractivity contribution is 0.539. The zero-order valence-corrected chi connectivity index (χ0v) is 10.2. The van der Waals surface area contributed by atoms with Gasteiger partial charge in [-0.05, 0) is 30.3 Å². The van der Waals surface area contributed by atoms with Gasteiger partial charge in [-0.3, -0.25) is 0 Å². The molecule has 1 unspecified atom stereocenters. The molecule has 2 aromatic rings. The minimum Gasteiger partial charge on any atom is -0.453 e. The molecule has 0 amide bonds. The van der Waals surface area contributed by atoms with Crippen molar-refractivity contribution in [2.45, 2.75) is 13.0 Å². The van der Waals surface area contributed by atoms with Crippen molar-refractivity contribution in [3.63, 3.8) is 0 Å². The molecule has 90 valence electrons. The maximum Gasteiger partial charge on any atom is 0.198 e. The number of hydrogen-bond donors (Lipinski definition) is 1. The van der Waals surface area contributed by atoms with E-state index in [4.69, 9.17) is 16.0 Å². The van der Waals surface area contributed by atoms with Crippen LogP contribution >= 0.6 is 11.6 Å². The highest BCUT2D eigenvalue weighted by Crippen LogP contribution is 2.30. The fraction of sp³-hybridized carbons (Fsp3) is 0.231. The van der Waals surface area contributed by atoms with Crippen molar-refractivity contribution in [3.8, 4) is 0 Å². The standard InChI is InChI=1S/C13H13ClFNO/c1-2-16-12(10-7-8-17-13(10)14)9-5-3-4-6-11(9)15/h3-8,12,16H,2H2,1H3. The molecule has 0 radical (unpaired) electrons. The molecule has 2 rings (SSSR count). The van der Waals surface area contributed by atoms with Crippen molar-refractivity contribution < 1.29 is 8.81 Å². The lowest BCUT2D eigenvalue weighted by atomic mass is 10.0. The SMILES string of the molecule is CCNC(c1ccccc1F)c1ccoc1Cl. The van der Waals surface area contributed by atoms with E-state index in [1.54, 1.807) is 24.3 Å². The highest BCUT2D eigenvalue weighted by atomic mass is 35.5. The van der Waals surface area contributed by atoms with Gasteiger partial charge in [0.25, 0.3) is 0 Å². The second kappa shape index (κ2) is 5.34. The normalized spacial score (nSPS) is 12.6. The van der Waals surface area contributed by atoms with Crippen LogP contribution in [0.25, 0.3) is 0 Å². The van der Waals surface area contributed by atoms with Crippen LogP contribution in [0.4, 0.5) is 4.39 Å². The third-order valence-electron chi connectivity index (χ3n) is 2.58. The van der Waals surface area contributed by atoms with Gasteiger partial charge < -0.3 is 9.73 Å². The van der Waals surface area contributed by atoms with Crippen LogP contribution in [0, 0.1) is 5.82 Å². The Morgan fingerprint density at radius 3 is 2.65 bits per heavy atom. The molecule has 1 heterocycles. The van der Waals surface area contributed by atoms with Crippen LogP contribution in [-0.4, -0.2) is 6.54 Å². The van der Waals surface area contributed by atoms with Crippen molar-refractivity contribution in [2.24, 2.45) is 0 Å². The molecule has 0 aliphatic heterocycles. The Kier molecular flexibility index (Phi) is 3.82. The van der Waals surface area contributed by atoms with Gasteiger partial charge in [0.05, 0.1) is 12.3 Å². The van der Waals surface area contributed by atoms with Crippen LogP contribution in [0.2, 0.25) is 5.22 Å². The highest BCUT2D eigenvalue weighted by Gasteiger charge is 2.20. The minimum atomic E-state index is -0.285. The van der Waals surface area contributed by atoms with Crippen LogP contribution in [0.3, 0.4) is 0 Å².